The largest absolute Gasteiger partial charge is 0.404 e. The minimum Gasteiger partial charge on any atom is -0.404 e. The van der Waals surface area contributed by atoms with Crippen molar-refractivity contribution >= 4 is 28.8 Å². The molecule has 1 aromatic carbocycles. The summed E-state index contributed by atoms with van der Waals surface area (Å²) in [6.45, 7) is 3.65. The van der Waals surface area contributed by atoms with Gasteiger partial charge in [-0.3, -0.25) is 14.8 Å². The molecule has 1 unspecified atom stereocenters. The van der Waals surface area contributed by atoms with Crippen LogP contribution in [0.4, 0.5) is 10.2 Å². The first-order chi connectivity index (χ1) is 16.8. The molecule has 0 bridgehead atoms. The highest BCUT2D eigenvalue weighted by Gasteiger charge is 2.14. The molecule has 6 N–H and O–H groups in total. The van der Waals surface area contributed by atoms with Crippen LogP contribution in [0.3, 0.4) is 0 Å². The molecular weight excluding hydrogens is 445 g/mol. The van der Waals surface area contributed by atoms with Gasteiger partial charge < -0.3 is 22.1 Å². The number of anilines is 1. The Morgan fingerprint density at radius 1 is 1.17 bits per heavy atom. The molecule has 0 aliphatic carbocycles. The van der Waals surface area contributed by atoms with Gasteiger partial charge in [-0.25, -0.2) is 9.37 Å². The third kappa shape index (κ3) is 6.50. The molecular formula is C26H28FN7O. The van der Waals surface area contributed by atoms with E-state index in [-0.39, 0.29) is 23.1 Å². The van der Waals surface area contributed by atoms with E-state index in [1.165, 1.54) is 19.3 Å². The summed E-state index contributed by atoms with van der Waals surface area (Å²) in [5.74, 6) is 0.0494. The molecule has 0 aliphatic rings. The van der Waals surface area contributed by atoms with E-state index in [4.69, 9.17) is 11.5 Å². The first-order valence-corrected chi connectivity index (χ1v) is 10.9. The van der Waals surface area contributed by atoms with Crippen molar-refractivity contribution < 1.29 is 9.18 Å². The number of hydrogen-bond acceptors (Lipinski definition) is 6. The predicted molar refractivity (Wildman–Crippen MR) is 137 cm³/mol. The smallest absolute Gasteiger partial charge is 0.254 e. The van der Waals surface area contributed by atoms with E-state index < -0.39 is 6.04 Å². The van der Waals surface area contributed by atoms with Crippen LogP contribution in [0, 0.1) is 12.7 Å². The number of nitrogens with two attached hydrogens (primary N) is 2. The minimum absolute atomic E-state index is 0.176. The summed E-state index contributed by atoms with van der Waals surface area (Å²) >= 11 is 0. The predicted octanol–water partition coefficient (Wildman–Crippen LogP) is 3.54. The van der Waals surface area contributed by atoms with Gasteiger partial charge in [0, 0.05) is 42.3 Å². The highest BCUT2D eigenvalue weighted by atomic mass is 19.1. The molecule has 0 aliphatic heterocycles. The van der Waals surface area contributed by atoms with Crippen LogP contribution in [0.15, 0.2) is 78.1 Å². The number of aromatic nitrogens is 2. The number of aryl methyl sites for hydroxylation is 1. The number of halogens is 1. The van der Waals surface area contributed by atoms with Gasteiger partial charge in [0.1, 0.15) is 17.5 Å². The van der Waals surface area contributed by atoms with E-state index >= 15 is 0 Å². The maximum absolute atomic E-state index is 14.2. The Morgan fingerprint density at radius 2 is 1.94 bits per heavy atom. The van der Waals surface area contributed by atoms with Crippen LogP contribution in [0.25, 0.3) is 11.3 Å². The SMILES string of the molecule is CNC(=O)C(=CN)c1cc(/C(=C/C(N)=NC(C)c2ccccc2F)Nc2cccc(C)n2)ccn1. The zero-order chi connectivity index (χ0) is 25.4. The number of benzene rings is 1. The van der Waals surface area contributed by atoms with Gasteiger partial charge in [-0.2, -0.15) is 0 Å². The van der Waals surface area contributed by atoms with Crippen LogP contribution in [0.1, 0.15) is 35.5 Å². The Bertz CT molecular complexity index is 1300. The topological polar surface area (TPSA) is 131 Å². The summed E-state index contributed by atoms with van der Waals surface area (Å²) < 4.78 is 14.2. The molecule has 0 spiro atoms. The van der Waals surface area contributed by atoms with E-state index in [1.807, 2.05) is 25.1 Å². The Labute approximate surface area is 203 Å². The summed E-state index contributed by atoms with van der Waals surface area (Å²) in [5.41, 5.74) is 15.0. The number of nitrogens with one attached hydrogen (secondary N) is 2. The van der Waals surface area contributed by atoms with Crippen molar-refractivity contribution in [3.8, 4) is 0 Å². The second kappa shape index (κ2) is 11.6. The first kappa shape index (κ1) is 25.1. The van der Waals surface area contributed by atoms with Gasteiger partial charge in [0.15, 0.2) is 0 Å². The van der Waals surface area contributed by atoms with E-state index in [2.05, 4.69) is 25.6 Å². The molecule has 35 heavy (non-hydrogen) atoms. The number of pyridine rings is 2. The Balaban J connectivity index is 2.04. The van der Waals surface area contributed by atoms with E-state index in [0.29, 0.717) is 28.3 Å². The number of aliphatic imine (C=N–C) groups is 1. The van der Waals surface area contributed by atoms with Gasteiger partial charge in [-0.1, -0.05) is 24.3 Å². The van der Waals surface area contributed by atoms with E-state index in [1.54, 1.807) is 49.5 Å². The average molecular weight is 474 g/mol. The molecule has 2 heterocycles. The lowest BCUT2D eigenvalue weighted by molar-refractivity contribution is -0.115. The van der Waals surface area contributed by atoms with Crippen LogP contribution >= 0.6 is 0 Å². The number of amidine groups is 1. The Kier molecular flexibility index (Phi) is 8.29. The molecule has 3 rings (SSSR count). The van der Waals surface area contributed by atoms with Gasteiger partial charge in [0.2, 0.25) is 0 Å². The van der Waals surface area contributed by atoms with Crippen molar-refractivity contribution in [3.63, 3.8) is 0 Å². The van der Waals surface area contributed by atoms with Crippen LogP contribution in [-0.4, -0.2) is 28.8 Å². The molecule has 1 amide bonds. The third-order valence-electron chi connectivity index (χ3n) is 5.13. The average Bonchev–Trinajstić information content (AvgIpc) is 2.84. The van der Waals surface area contributed by atoms with Crippen molar-refractivity contribution in [1.29, 1.82) is 0 Å². The number of hydrogen-bond donors (Lipinski definition) is 4. The fourth-order valence-corrected chi connectivity index (χ4v) is 3.39. The maximum Gasteiger partial charge on any atom is 0.254 e. The molecule has 3 aromatic rings. The second-order valence-corrected chi connectivity index (χ2v) is 7.69. The number of carbonyl (C=O) groups excluding carboxylic acids is 1. The summed E-state index contributed by atoms with van der Waals surface area (Å²) in [5, 5.41) is 5.80. The zero-order valence-electron chi connectivity index (χ0n) is 19.8. The molecule has 0 saturated carbocycles. The Hall–Kier alpha value is -4.53. The number of likely N-dealkylation sites (N-methyl/N-ethyl adjacent to an activating group) is 1. The first-order valence-electron chi connectivity index (χ1n) is 10.9. The van der Waals surface area contributed by atoms with Crippen molar-refractivity contribution in [1.82, 2.24) is 15.3 Å². The van der Waals surface area contributed by atoms with Crippen molar-refractivity contribution in [2.24, 2.45) is 16.5 Å². The lowest BCUT2D eigenvalue weighted by atomic mass is 10.1. The van der Waals surface area contributed by atoms with Gasteiger partial charge in [-0.05, 0) is 44.2 Å². The molecule has 0 saturated heterocycles. The summed E-state index contributed by atoms with van der Waals surface area (Å²) in [6, 6.07) is 15.0. The van der Waals surface area contributed by atoms with Crippen molar-refractivity contribution in [2.45, 2.75) is 19.9 Å². The highest BCUT2D eigenvalue weighted by Crippen LogP contribution is 2.23. The monoisotopic (exact) mass is 473 g/mol. The van der Waals surface area contributed by atoms with Crippen LogP contribution in [0.5, 0.6) is 0 Å². The lowest BCUT2D eigenvalue weighted by Crippen LogP contribution is -2.20. The second-order valence-electron chi connectivity index (χ2n) is 7.69. The van der Waals surface area contributed by atoms with Crippen LogP contribution in [0.2, 0.25) is 0 Å². The van der Waals surface area contributed by atoms with Gasteiger partial charge >= 0.3 is 0 Å². The van der Waals surface area contributed by atoms with Gasteiger partial charge in [0.05, 0.1) is 23.0 Å². The highest BCUT2D eigenvalue weighted by molar-refractivity contribution is 6.18. The summed E-state index contributed by atoms with van der Waals surface area (Å²) in [4.78, 5) is 25.4. The molecule has 8 nitrogen and oxygen atoms in total. The summed E-state index contributed by atoms with van der Waals surface area (Å²) in [6.07, 6.45) is 4.40. The molecule has 0 radical (unpaired) electrons. The number of nitrogens with zero attached hydrogens (tertiary/aromatic N) is 3. The molecule has 9 heteroatoms. The molecule has 180 valence electrons. The van der Waals surface area contributed by atoms with Crippen LogP contribution < -0.4 is 22.1 Å². The van der Waals surface area contributed by atoms with Crippen molar-refractivity contribution in [3.05, 3.63) is 101 Å². The van der Waals surface area contributed by atoms with Gasteiger partial charge in [0.25, 0.3) is 5.91 Å². The fourth-order valence-electron chi connectivity index (χ4n) is 3.39. The molecule has 2 aromatic heterocycles. The van der Waals surface area contributed by atoms with Gasteiger partial charge in [-0.15, -0.1) is 0 Å². The molecule has 0 fully saturated rings. The number of amides is 1. The normalized spacial score (nSPS) is 13.3. The van der Waals surface area contributed by atoms with Crippen molar-refractivity contribution in [2.75, 3.05) is 12.4 Å². The minimum atomic E-state index is -0.501. The zero-order valence-corrected chi connectivity index (χ0v) is 19.8. The molecule has 1 atom stereocenters. The number of rotatable bonds is 8. The van der Waals surface area contributed by atoms with Crippen LogP contribution in [-0.2, 0) is 4.79 Å². The fraction of sp³-hybridized carbons (Fsp3) is 0.154. The van der Waals surface area contributed by atoms with E-state index in [9.17, 15) is 9.18 Å². The number of carbonyl (C=O) groups is 1. The van der Waals surface area contributed by atoms with E-state index in [0.717, 1.165) is 5.69 Å². The lowest BCUT2D eigenvalue weighted by Gasteiger charge is -2.14. The Morgan fingerprint density at radius 3 is 2.63 bits per heavy atom. The summed E-state index contributed by atoms with van der Waals surface area (Å²) in [7, 11) is 1.51. The third-order valence-corrected chi connectivity index (χ3v) is 5.13. The quantitative estimate of drug-likeness (QED) is 0.225. The standard InChI is InChI=1S/C26H28FN7O/c1-16-7-6-10-25(32-16)34-22(14-24(29)33-17(2)19-8-4-5-9-21(19)27)18-11-12-31-23(13-18)20(15-28)26(35)30-3/h4-15,17H,28H2,1-3H3,(H2,29,33)(H,30,35)(H,32,34)/b20-15?,22-14-. The maximum atomic E-state index is 14.2.